The molecule has 84 valence electrons. The molecule has 1 saturated heterocycles. The van der Waals surface area contributed by atoms with Crippen LogP contribution in [0.15, 0.2) is 11.7 Å². The lowest BCUT2D eigenvalue weighted by molar-refractivity contribution is 0.268. The second-order valence-corrected chi connectivity index (χ2v) is 5.39. The van der Waals surface area contributed by atoms with E-state index in [1.807, 2.05) is 11.7 Å². The van der Waals surface area contributed by atoms with Crippen molar-refractivity contribution in [1.29, 1.82) is 0 Å². The summed E-state index contributed by atoms with van der Waals surface area (Å²) in [6.07, 6.45) is 3.23. The second kappa shape index (κ2) is 5.05. The number of aromatic nitrogens is 1. The molecule has 0 amide bonds. The van der Waals surface area contributed by atoms with Crippen LogP contribution in [0.3, 0.4) is 0 Å². The lowest BCUT2D eigenvalue weighted by atomic mass is 10.2. The smallest absolute Gasteiger partial charge is 0.0794 e. The Balaban J connectivity index is 1.73. The van der Waals surface area contributed by atoms with E-state index in [1.54, 1.807) is 11.3 Å². The fourth-order valence-electron chi connectivity index (χ4n) is 2.00. The lowest BCUT2D eigenvalue weighted by Gasteiger charge is -2.20. The van der Waals surface area contributed by atoms with Gasteiger partial charge in [0.25, 0.3) is 0 Å². The van der Waals surface area contributed by atoms with Crippen molar-refractivity contribution in [2.45, 2.75) is 38.9 Å². The van der Waals surface area contributed by atoms with Gasteiger partial charge in [-0.3, -0.25) is 9.88 Å². The maximum absolute atomic E-state index is 4.08. The van der Waals surface area contributed by atoms with E-state index in [4.69, 9.17) is 0 Å². The van der Waals surface area contributed by atoms with Gasteiger partial charge in [-0.05, 0) is 26.8 Å². The Morgan fingerprint density at radius 1 is 1.67 bits per heavy atom. The average Bonchev–Trinajstić information content (AvgIpc) is 2.86. The first-order chi connectivity index (χ1) is 7.25. The van der Waals surface area contributed by atoms with Crippen LogP contribution in [0.4, 0.5) is 0 Å². The Hall–Kier alpha value is -0.450. The third-order valence-corrected chi connectivity index (χ3v) is 3.78. The summed E-state index contributed by atoms with van der Waals surface area (Å²) in [5.41, 5.74) is 1.89. The van der Waals surface area contributed by atoms with Crippen molar-refractivity contribution in [2.24, 2.45) is 0 Å². The number of likely N-dealkylation sites (tertiary alicyclic amines) is 1. The van der Waals surface area contributed by atoms with Crippen LogP contribution in [-0.4, -0.2) is 35.1 Å². The van der Waals surface area contributed by atoms with Crippen LogP contribution in [0, 0.1) is 0 Å². The third-order valence-electron chi connectivity index (χ3n) is 3.00. The minimum Gasteiger partial charge on any atom is -0.308 e. The minimum absolute atomic E-state index is 0.662. The van der Waals surface area contributed by atoms with Gasteiger partial charge in [0.15, 0.2) is 0 Å². The molecule has 1 fully saturated rings. The summed E-state index contributed by atoms with van der Waals surface area (Å²) in [5, 5.41) is 3.60. The molecule has 0 bridgehead atoms. The molecule has 1 aromatic heterocycles. The Kier molecular flexibility index (Phi) is 3.72. The molecule has 0 saturated carbocycles. The van der Waals surface area contributed by atoms with Crippen LogP contribution in [0.25, 0.3) is 0 Å². The number of rotatable bonds is 4. The normalized spacial score (nSPS) is 22.7. The summed E-state index contributed by atoms with van der Waals surface area (Å²) >= 11 is 1.73. The summed E-state index contributed by atoms with van der Waals surface area (Å²) in [5.74, 6) is 0. The maximum atomic E-state index is 4.08. The number of nitrogens with one attached hydrogen (secondary N) is 1. The van der Waals surface area contributed by atoms with Crippen molar-refractivity contribution in [2.75, 3.05) is 13.1 Å². The molecule has 4 heteroatoms. The molecule has 15 heavy (non-hydrogen) atoms. The molecule has 0 aromatic carbocycles. The zero-order chi connectivity index (χ0) is 10.7. The summed E-state index contributed by atoms with van der Waals surface area (Å²) in [7, 11) is 0. The standard InChI is InChI=1S/C11H19N3S/c1-9(2)14-4-3-10(7-14)13-6-11-5-12-8-15-11/h5,8-10,13H,3-4,6-7H2,1-2H3. The van der Waals surface area contributed by atoms with Crippen molar-refractivity contribution >= 4 is 11.3 Å². The van der Waals surface area contributed by atoms with E-state index in [9.17, 15) is 0 Å². The first kappa shape index (κ1) is 11.0. The highest BCUT2D eigenvalue weighted by Gasteiger charge is 2.23. The van der Waals surface area contributed by atoms with Crippen molar-refractivity contribution < 1.29 is 0 Å². The zero-order valence-electron chi connectivity index (χ0n) is 9.44. The van der Waals surface area contributed by atoms with Gasteiger partial charge in [0.05, 0.1) is 5.51 Å². The van der Waals surface area contributed by atoms with E-state index in [2.05, 4.69) is 29.0 Å². The first-order valence-corrected chi connectivity index (χ1v) is 6.48. The van der Waals surface area contributed by atoms with Crippen LogP contribution in [0.1, 0.15) is 25.1 Å². The van der Waals surface area contributed by atoms with Gasteiger partial charge in [0.1, 0.15) is 0 Å². The molecule has 2 rings (SSSR count). The monoisotopic (exact) mass is 225 g/mol. The van der Waals surface area contributed by atoms with Crippen molar-refractivity contribution in [3.8, 4) is 0 Å². The van der Waals surface area contributed by atoms with Crippen molar-refractivity contribution in [1.82, 2.24) is 15.2 Å². The van der Waals surface area contributed by atoms with E-state index < -0.39 is 0 Å². The Morgan fingerprint density at radius 3 is 3.13 bits per heavy atom. The zero-order valence-corrected chi connectivity index (χ0v) is 10.3. The largest absolute Gasteiger partial charge is 0.308 e. The van der Waals surface area contributed by atoms with Crippen molar-refractivity contribution in [3.05, 3.63) is 16.6 Å². The average molecular weight is 225 g/mol. The van der Waals surface area contributed by atoms with Gasteiger partial charge in [0, 0.05) is 36.2 Å². The molecule has 1 aliphatic rings. The second-order valence-electron chi connectivity index (χ2n) is 4.42. The molecule has 1 N–H and O–H groups in total. The van der Waals surface area contributed by atoms with E-state index in [0.717, 1.165) is 6.54 Å². The van der Waals surface area contributed by atoms with Gasteiger partial charge in [-0.1, -0.05) is 0 Å². The van der Waals surface area contributed by atoms with Gasteiger partial charge < -0.3 is 5.32 Å². The maximum Gasteiger partial charge on any atom is 0.0794 e. The van der Waals surface area contributed by atoms with E-state index in [-0.39, 0.29) is 0 Å². The van der Waals surface area contributed by atoms with E-state index in [0.29, 0.717) is 12.1 Å². The van der Waals surface area contributed by atoms with Crippen LogP contribution in [-0.2, 0) is 6.54 Å². The molecule has 1 aliphatic heterocycles. The fraction of sp³-hybridized carbons (Fsp3) is 0.727. The molecule has 3 nitrogen and oxygen atoms in total. The predicted molar refractivity (Wildman–Crippen MR) is 64.1 cm³/mol. The third kappa shape index (κ3) is 3.00. The number of hydrogen-bond donors (Lipinski definition) is 1. The summed E-state index contributed by atoms with van der Waals surface area (Å²) < 4.78 is 0. The lowest BCUT2D eigenvalue weighted by Crippen LogP contribution is -2.34. The predicted octanol–water partition coefficient (Wildman–Crippen LogP) is 1.72. The minimum atomic E-state index is 0.662. The summed E-state index contributed by atoms with van der Waals surface area (Å²) in [4.78, 5) is 7.94. The number of thiazole rings is 1. The highest BCUT2D eigenvalue weighted by atomic mass is 32.1. The van der Waals surface area contributed by atoms with Crippen LogP contribution in [0.5, 0.6) is 0 Å². The Morgan fingerprint density at radius 2 is 2.53 bits per heavy atom. The Labute approximate surface area is 95.5 Å². The molecular formula is C11H19N3S. The molecule has 0 aliphatic carbocycles. The van der Waals surface area contributed by atoms with Gasteiger partial charge in [-0.2, -0.15) is 0 Å². The van der Waals surface area contributed by atoms with Gasteiger partial charge in [0.2, 0.25) is 0 Å². The van der Waals surface area contributed by atoms with Crippen LogP contribution < -0.4 is 5.32 Å². The van der Waals surface area contributed by atoms with E-state index >= 15 is 0 Å². The quantitative estimate of drug-likeness (QED) is 0.845. The van der Waals surface area contributed by atoms with Crippen LogP contribution >= 0.6 is 11.3 Å². The van der Waals surface area contributed by atoms with Crippen molar-refractivity contribution in [3.63, 3.8) is 0 Å². The van der Waals surface area contributed by atoms with Gasteiger partial charge in [-0.15, -0.1) is 11.3 Å². The highest BCUT2D eigenvalue weighted by molar-refractivity contribution is 7.09. The molecular weight excluding hydrogens is 206 g/mol. The highest BCUT2D eigenvalue weighted by Crippen LogP contribution is 2.13. The topological polar surface area (TPSA) is 28.2 Å². The summed E-state index contributed by atoms with van der Waals surface area (Å²) in [6.45, 7) is 7.94. The fourth-order valence-corrected chi connectivity index (χ4v) is 2.54. The van der Waals surface area contributed by atoms with Gasteiger partial charge in [-0.25, -0.2) is 0 Å². The SMILES string of the molecule is CC(C)N1CCC(NCc2cncs2)C1. The number of hydrogen-bond acceptors (Lipinski definition) is 4. The molecule has 0 spiro atoms. The molecule has 2 heterocycles. The van der Waals surface area contributed by atoms with E-state index in [1.165, 1.54) is 24.4 Å². The molecule has 0 radical (unpaired) electrons. The Bertz CT molecular complexity index is 284. The number of nitrogens with zero attached hydrogens (tertiary/aromatic N) is 2. The summed E-state index contributed by atoms with van der Waals surface area (Å²) in [6, 6.07) is 1.34. The van der Waals surface area contributed by atoms with Crippen LogP contribution in [0.2, 0.25) is 0 Å². The molecule has 1 aromatic rings. The first-order valence-electron chi connectivity index (χ1n) is 5.60. The molecule has 1 atom stereocenters. The van der Waals surface area contributed by atoms with Gasteiger partial charge >= 0.3 is 0 Å². The molecule has 1 unspecified atom stereocenters.